The largest absolute Gasteiger partial charge is 0.338 e. The first-order chi connectivity index (χ1) is 22.5. The van der Waals surface area contributed by atoms with E-state index in [2.05, 4.69) is 5.32 Å². The summed E-state index contributed by atoms with van der Waals surface area (Å²) in [5.74, 6) is -1.49. The molecule has 0 aliphatic carbocycles. The minimum atomic E-state index is -0.285. The molecule has 0 bridgehead atoms. The summed E-state index contributed by atoms with van der Waals surface area (Å²) in [4.78, 5) is 116. The molecular weight excluding hydrogens is 707 g/mol. The summed E-state index contributed by atoms with van der Waals surface area (Å²) in [5.41, 5.74) is 0. The number of nitrogens with one attached hydrogen (secondary N) is 1. The third-order valence-electron chi connectivity index (χ3n) is 7.27. The fourth-order valence-electron chi connectivity index (χ4n) is 4.49. The second-order valence-corrected chi connectivity index (χ2v) is 14.7. The lowest BCUT2D eigenvalue weighted by Crippen LogP contribution is -2.40. The monoisotopic (exact) mass is 749 g/mol. The number of likely N-dealkylation sites (tertiary alicyclic amines) is 4. The Labute approximate surface area is 297 Å². The van der Waals surface area contributed by atoms with Crippen LogP contribution in [-0.4, -0.2) is 151 Å². The molecule has 19 heteroatoms. The van der Waals surface area contributed by atoms with Gasteiger partial charge in [0.2, 0.25) is 53.2 Å². The molecule has 1 N–H and O–H groups in total. The zero-order valence-electron chi connectivity index (χ0n) is 28.3. The predicted molar refractivity (Wildman–Crippen MR) is 186 cm³/mol. The number of ketones is 1. The van der Waals surface area contributed by atoms with Gasteiger partial charge in [0.05, 0.1) is 27.5 Å². The van der Waals surface area contributed by atoms with Crippen LogP contribution in [0.3, 0.4) is 0 Å². The van der Waals surface area contributed by atoms with Gasteiger partial charge in [-0.05, 0) is 38.9 Å². The van der Waals surface area contributed by atoms with Crippen molar-refractivity contribution in [1.29, 1.82) is 0 Å². The third-order valence-corrected chi connectivity index (χ3v) is 11.0. The van der Waals surface area contributed by atoms with E-state index in [1.807, 2.05) is 19.4 Å². The molecule has 0 spiro atoms. The molecule has 9 amide bonds. The van der Waals surface area contributed by atoms with Crippen LogP contribution in [0.1, 0.15) is 46.5 Å². The smallest absolute Gasteiger partial charge is 0.244 e. The number of carbonyl (C=O) groups excluding carboxylic acids is 10. The summed E-state index contributed by atoms with van der Waals surface area (Å²) < 4.78 is 0. The Kier molecular flexibility index (Phi) is 18.5. The van der Waals surface area contributed by atoms with E-state index in [1.165, 1.54) is 77.7 Å². The normalized spacial score (nSPS) is 23.6. The number of amides is 9. The maximum Gasteiger partial charge on any atom is 0.244 e. The van der Waals surface area contributed by atoms with Gasteiger partial charge in [-0.1, -0.05) is 0 Å². The van der Waals surface area contributed by atoms with Crippen LogP contribution in [0.4, 0.5) is 0 Å². The van der Waals surface area contributed by atoms with Crippen LogP contribution < -0.4 is 5.32 Å². The quantitative estimate of drug-likeness (QED) is 0.315. The minimum Gasteiger partial charge on any atom is -0.338 e. The van der Waals surface area contributed by atoms with E-state index >= 15 is 0 Å². The number of imide groups is 4. The molecular formula is C29H43N5O10S4. The number of hydrogen-bond donors (Lipinski definition) is 1. The molecule has 4 atom stereocenters. The zero-order valence-corrected chi connectivity index (χ0v) is 31.5. The van der Waals surface area contributed by atoms with Crippen LogP contribution in [0.2, 0.25) is 0 Å². The van der Waals surface area contributed by atoms with E-state index in [-0.39, 0.29) is 106 Å². The van der Waals surface area contributed by atoms with Crippen LogP contribution in [0.5, 0.6) is 0 Å². The van der Waals surface area contributed by atoms with Gasteiger partial charge >= 0.3 is 0 Å². The Morgan fingerprint density at radius 3 is 1.25 bits per heavy atom. The molecule has 0 radical (unpaired) electrons. The number of carbonyl (C=O) groups is 10. The molecule has 4 unspecified atom stereocenters. The number of rotatable bonds is 9. The van der Waals surface area contributed by atoms with Gasteiger partial charge in [0, 0.05) is 46.2 Å². The number of Topliss-reactive ketones (excluding diaryl/α,β-unsaturated/α-hetero) is 1. The van der Waals surface area contributed by atoms with Crippen molar-refractivity contribution < 1.29 is 47.9 Å². The number of hydrogen-bond acceptors (Lipinski definition) is 14. The highest BCUT2D eigenvalue weighted by Gasteiger charge is 2.39. The second-order valence-electron chi connectivity index (χ2n) is 10.6. The lowest BCUT2D eigenvalue weighted by atomic mass is 10.4. The Morgan fingerprint density at radius 1 is 0.604 bits per heavy atom. The van der Waals surface area contributed by atoms with E-state index in [0.29, 0.717) is 19.4 Å². The summed E-state index contributed by atoms with van der Waals surface area (Å²) in [6.45, 7) is 4.95. The number of nitrogens with zero attached hydrogens (tertiary/aromatic N) is 4. The maximum atomic E-state index is 11.5. The average Bonchev–Trinajstić information content (AvgIpc) is 3.68. The molecule has 4 aliphatic rings. The van der Waals surface area contributed by atoms with Crippen LogP contribution in [-0.2, 0) is 47.9 Å². The highest BCUT2D eigenvalue weighted by molar-refractivity contribution is 8.00. The van der Waals surface area contributed by atoms with Crippen LogP contribution >= 0.6 is 47.0 Å². The van der Waals surface area contributed by atoms with E-state index in [1.54, 1.807) is 12.5 Å². The summed E-state index contributed by atoms with van der Waals surface area (Å²) in [5, 5.41) is 1.61. The van der Waals surface area contributed by atoms with Crippen LogP contribution in [0, 0.1) is 0 Å². The molecule has 0 aromatic rings. The van der Waals surface area contributed by atoms with Gasteiger partial charge in [-0.15, -0.1) is 0 Å². The second kappa shape index (κ2) is 20.6. The molecule has 0 saturated carbocycles. The van der Waals surface area contributed by atoms with Gasteiger partial charge in [0.15, 0.2) is 0 Å². The third kappa shape index (κ3) is 11.9. The van der Waals surface area contributed by atoms with Gasteiger partial charge in [0.1, 0.15) is 12.5 Å². The first-order valence-electron chi connectivity index (χ1n) is 14.7. The molecule has 4 fully saturated rings. The van der Waals surface area contributed by atoms with E-state index < -0.39 is 0 Å². The number of thioether (sulfide) groups is 4. The fraction of sp³-hybridized carbons (Fsp3) is 0.655. The molecule has 15 nitrogen and oxygen atoms in total. The van der Waals surface area contributed by atoms with Gasteiger partial charge in [-0.2, -0.15) is 47.0 Å². The molecule has 48 heavy (non-hydrogen) atoms. The van der Waals surface area contributed by atoms with Crippen molar-refractivity contribution >= 4 is 106 Å². The Balaban J connectivity index is 0.000000322. The summed E-state index contributed by atoms with van der Waals surface area (Å²) in [7, 11) is 1.53. The van der Waals surface area contributed by atoms with Gasteiger partial charge in [-0.25, -0.2) is 0 Å². The van der Waals surface area contributed by atoms with Crippen molar-refractivity contribution in [2.24, 2.45) is 0 Å². The van der Waals surface area contributed by atoms with Crippen LogP contribution in [0.15, 0.2) is 0 Å². The van der Waals surface area contributed by atoms with Crippen molar-refractivity contribution in [3.63, 3.8) is 0 Å². The molecule has 0 aromatic heterocycles. The maximum absolute atomic E-state index is 11.5. The highest BCUT2D eigenvalue weighted by Crippen LogP contribution is 2.24. The first kappa shape index (κ1) is 43.1. The van der Waals surface area contributed by atoms with Crippen molar-refractivity contribution in [1.82, 2.24) is 24.9 Å². The van der Waals surface area contributed by atoms with E-state index in [0.717, 1.165) is 9.80 Å². The SMILES string of the molecule is CCN1C(=O)CC(SC)C1=O.CSC1CC(=O)N(C)C1=O.CSC1CC(=O)N(CC(C)=O)C1=O.CSC1CC(=O)N(CNC(C)=O)C1=O. The standard InChI is InChI=1S/C8H12N2O3S.C8H11NO3S.C7H11NO2S.C6H9NO2S/c1-5(11)9-4-10-7(12)3-6(14-2)8(10)13;1-5(10)4-9-7(11)3-6(13-2)8(9)12;1-3-8-6(9)4-5(11-2)7(8)10;1-7-5(8)3-4(10-2)6(7)9/h6H,3-4H2,1-2H3,(H,9,11);6H,3-4H2,1-2H3;5H,3-4H2,1-2H3;4H,3H2,1-2H3. The fourth-order valence-corrected chi connectivity index (χ4v) is 7.08. The van der Waals surface area contributed by atoms with Crippen molar-refractivity contribution in [3.05, 3.63) is 0 Å². The minimum absolute atomic E-state index is 0.00986. The Morgan fingerprint density at radius 2 is 0.958 bits per heavy atom. The van der Waals surface area contributed by atoms with Crippen molar-refractivity contribution in [2.45, 2.75) is 67.5 Å². The van der Waals surface area contributed by atoms with E-state index in [9.17, 15) is 47.9 Å². The van der Waals surface area contributed by atoms with Gasteiger partial charge in [-0.3, -0.25) is 67.5 Å². The Bertz CT molecular complexity index is 1300. The van der Waals surface area contributed by atoms with Gasteiger partial charge in [0.25, 0.3) is 0 Å². The lowest BCUT2D eigenvalue weighted by molar-refractivity contribution is -0.141. The molecule has 4 heterocycles. The zero-order chi connectivity index (χ0) is 36.9. The van der Waals surface area contributed by atoms with Gasteiger partial charge < -0.3 is 5.32 Å². The Hall–Kier alpha value is -2.90. The topological polar surface area (TPSA) is 196 Å². The first-order valence-corrected chi connectivity index (χ1v) is 19.8. The van der Waals surface area contributed by atoms with E-state index in [4.69, 9.17) is 0 Å². The summed E-state index contributed by atoms with van der Waals surface area (Å²) in [6.07, 6.45) is 8.49. The summed E-state index contributed by atoms with van der Waals surface area (Å²) >= 11 is 5.60. The lowest BCUT2D eigenvalue weighted by Gasteiger charge is -2.14. The van der Waals surface area contributed by atoms with Crippen molar-refractivity contribution in [3.8, 4) is 0 Å². The molecule has 4 aliphatic heterocycles. The molecule has 4 saturated heterocycles. The summed E-state index contributed by atoms with van der Waals surface area (Å²) in [6, 6.07) is 0. The highest BCUT2D eigenvalue weighted by atomic mass is 32.2. The molecule has 0 aromatic carbocycles. The molecule has 4 rings (SSSR count). The average molecular weight is 750 g/mol. The predicted octanol–water partition coefficient (Wildman–Crippen LogP) is 0.240. The van der Waals surface area contributed by atoms with Crippen LogP contribution in [0.25, 0.3) is 0 Å². The molecule has 268 valence electrons. The van der Waals surface area contributed by atoms with Crippen molar-refractivity contribution in [2.75, 3.05) is 51.8 Å².